The zero-order chi connectivity index (χ0) is 17.9. The Labute approximate surface area is 144 Å². The molecule has 0 saturated heterocycles. The number of carbonyl (C=O) groups is 1. The van der Waals surface area contributed by atoms with Crippen molar-refractivity contribution in [3.05, 3.63) is 41.0 Å². The van der Waals surface area contributed by atoms with Crippen LogP contribution in [0.5, 0.6) is 0 Å². The van der Waals surface area contributed by atoms with E-state index in [-0.39, 0.29) is 6.09 Å². The molecule has 0 radical (unpaired) electrons. The molecule has 0 spiro atoms. The average Bonchev–Trinajstić information content (AvgIpc) is 2.52. The smallest absolute Gasteiger partial charge is 0.410 e. The Hall–Kier alpha value is -2.28. The third-order valence-corrected chi connectivity index (χ3v) is 4.03. The normalized spacial score (nSPS) is 15.0. The molecule has 0 unspecified atom stereocenters. The molecule has 1 aliphatic rings. The van der Waals surface area contributed by atoms with Crippen molar-refractivity contribution in [3.63, 3.8) is 0 Å². The van der Waals surface area contributed by atoms with Gasteiger partial charge in [0, 0.05) is 13.1 Å². The zero-order valence-corrected chi connectivity index (χ0v) is 15.2. The van der Waals surface area contributed by atoms with Crippen LogP contribution in [-0.4, -0.2) is 29.7 Å². The van der Waals surface area contributed by atoms with Crippen LogP contribution in [0.4, 0.5) is 4.79 Å². The molecule has 1 aliphatic heterocycles. The van der Waals surface area contributed by atoms with Crippen LogP contribution in [0, 0.1) is 11.3 Å². The van der Waals surface area contributed by atoms with Crippen molar-refractivity contribution in [1.29, 1.82) is 5.26 Å². The van der Waals surface area contributed by atoms with Crippen LogP contribution in [0.15, 0.2) is 24.3 Å². The van der Waals surface area contributed by atoms with Gasteiger partial charge in [0.1, 0.15) is 5.60 Å². The van der Waals surface area contributed by atoms with Gasteiger partial charge in [0.2, 0.25) is 0 Å². The predicted octanol–water partition coefficient (Wildman–Crippen LogP) is 4.71. The number of hydrogen-bond donors (Lipinski definition) is 0. The molecule has 128 valence electrons. The Morgan fingerprint density at radius 1 is 1.33 bits per heavy atom. The van der Waals surface area contributed by atoms with E-state index < -0.39 is 5.60 Å². The molecule has 4 nitrogen and oxygen atoms in total. The molecular formula is C20H26N2O2. The van der Waals surface area contributed by atoms with Crippen molar-refractivity contribution < 1.29 is 9.53 Å². The van der Waals surface area contributed by atoms with E-state index in [9.17, 15) is 10.1 Å². The quantitative estimate of drug-likeness (QED) is 0.791. The number of carbonyl (C=O) groups excluding carboxylic acids is 1. The van der Waals surface area contributed by atoms with Gasteiger partial charge in [-0.25, -0.2) is 4.79 Å². The highest BCUT2D eigenvalue weighted by molar-refractivity contribution is 5.73. The second-order valence-electron chi connectivity index (χ2n) is 7.47. The lowest BCUT2D eigenvalue weighted by Gasteiger charge is -2.29. The van der Waals surface area contributed by atoms with Crippen LogP contribution < -0.4 is 0 Å². The van der Waals surface area contributed by atoms with Crippen LogP contribution in [0.1, 0.15) is 63.6 Å². The fourth-order valence-corrected chi connectivity index (χ4v) is 2.77. The van der Waals surface area contributed by atoms with Gasteiger partial charge in [0.25, 0.3) is 0 Å². The van der Waals surface area contributed by atoms with Crippen molar-refractivity contribution in [2.75, 3.05) is 13.1 Å². The summed E-state index contributed by atoms with van der Waals surface area (Å²) in [6.45, 7) is 11.0. The second kappa shape index (κ2) is 7.09. The van der Waals surface area contributed by atoms with Gasteiger partial charge in [-0.3, -0.25) is 0 Å². The summed E-state index contributed by atoms with van der Waals surface area (Å²) in [6, 6.07) is 8.27. The maximum Gasteiger partial charge on any atom is 0.410 e. The number of ether oxygens (including phenoxy) is 1. The molecule has 0 atom stereocenters. The summed E-state index contributed by atoms with van der Waals surface area (Å²) < 4.78 is 5.42. The maximum atomic E-state index is 12.1. The van der Waals surface area contributed by atoms with Gasteiger partial charge in [-0.2, -0.15) is 5.26 Å². The largest absolute Gasteiger partial charge is 0.444 e. The molecule has 0 aromatic heterocycles. The summed E-state index contributed by atoms with van der Waals surface area (Å²) in [5.41, 5.74) is 3.70. The topological polar surface area (TPSA) is 53.3 Å². The number of hydrogen-bond acceptors (Lipinski definition) is 3. The molecule has 1 amide bonds. The predicted molar refractivity (Wildman–Crippen MR) is 95.6 cm³/mol. The van der Waals surface area contributed by atoms with Gasteiger partial charge >= 0.3 is 6.09 Å². The van der Waals surface area contributed by atoms with Crippen LogP contribution >= 0.6 is 0 Å². The summed E-state index contributed by atoms with van der Waals surface area (Å²) in [6.07, 6.45) is 2.61. The SMILES string of the molecule is CC(C)c1cc(C2=CCN(C(=O)OC(C)(C)C)CC2)ccc1C#N. The number of benzene rings is 1. The first kappa shape index (κ1) is 18.1. The Morgan fingerprint density at radius 3 is 2.54 bits per heavy atom. The van der Waals surface area contributed by atoms with E-state index in [4.69, 9.17) is 4.74 Å². The first-order valence-corrected chi connectivity index (χ1v) is 8.42. The Kier molecular flexibility index (Phi) is 5.33. The summed E-state index contributed by atoms with van der Waals surface area (Å²) in [5, 5.41) is 9.23. The van der Waals surface area contributed by atoms with Gasteiger partial charge < -0.3 is 9.64 Å². The molecule has 0 bridgehead atoms. The zero-order valence-electron chi connectivity index (χ0n) is 15.2. The molecule has 1 aromatic carbocycles. The fraction of sp³-hybridized carbons (Fsp3) is 0.500. The van der Waals surface area contributed by atoms with Gasteiger partial charge in [0.05, 0.1) is 11.6 Å². The summed E-state index contributed by atoms with van der Waals surface area (Å²) in [7, 11) is 0. The molecule has 4 heteroatoms. The minimum absolute atomic E-state index is 0.263. The van der Waals surface area contributed by atoms with E-state index in [2.05, 4.69) is 32.1 Å². The minimum atomic E-state index is -0.472. The molecule has 0 fully saturated rings. The van der Waals surface area contributed by atoms with Crippen molar-refractivity contribution in [2.45, 2.75) is 52.6 Å². The van der Waals surface area contributed by atoms with Crippen LogP contribution in [0.2, 0.25) is 0 Å². The van der Waals surface area contributed by atoms with Crippen LogP contribution in [0.3, 0.4) is 0 Å². The maximum absolute atomic E-state index is 12.1. The molecule has 1 heterocycles. The third kappa shape index (κ3) is 4.38. The van der Waals surface area contributed by atoms with Gasteiger partial charge in [-0.05, 0) is 61.9 Å². The highest BCUT2D eigenvalue weighted by atomic mass is 16.6. The van der Waals surface area contributed by atoms with Crippen LogP contribution in [0.25, 0.3) is 5.57 Å². The van der Waals surface area contributed by atoms with E-state index in [1.807, 2.05) is 32.9 Å². The van der Waals surface area contributed by atoms with Crippen molar-refractivity contribution in [1.82, 2.24) is 4.90 Å². The van der Waals surface area contributed by atoms with Gasteiger partial charge in [0.15, 0.2) is 0 Å². The highest BCUT2D eigenvalue weighted by Gasteiger charge is 2.24. The Balaban J connectivity index is 2.14. The monoisotopic (exact) mass is 326 g/mol. The molecular weight excluding hydrogens is 300 g/mol. The lowest BCUT2D eigenvalue weighted by atomic mass is 9.91. The summed E-state index contributed by atoms with van der Waals surface area (Å²) in [4.78, 5) is 13.8. The van der Waals surface area contributed by atoms with Crippen molar-refractivity contribution in [3.8, 4) is 6.07 Å². The van der Waals surface area contributed by atoms with Crippen LogP contribution in [-0.2, 0) is 4.74 Å². The lowest BCUT2D eigenvalue weighted by molar-refractivity contribution is 0.0270. The van der Waals surface area contributed by atoms with E-state index in [1.54, 1.807) is 4.90 Å². The van der Waals surface area contributed by atoms with E-state index >= 15 is 0 Å². The number of nitriles is 1. The summed E-state index contributed by atoms with van der Waals surface area (Å²) >= 11 is 0. The molecule has 0 aliphatic carbocycles. The molecule has 1 aromatic rings. The highest BCUT2D eigenvalue weighted by Crippen LogP contribution is 2.28. The third-order valence-electron chi connectivity index (χ3n) is 4.03. The van der Waals surface area contributed by atoms with Gasteiger partial charge in [-0.1, -0.05) is 26.0 Å². The Morgan fingerprint density at radius 2 is 2.04 bits per heavy atom. The number of nitrogens with zero attached hydrogens (tertiary/aromatic N) is 2. The molecule has 0 saturated carbocycles. The molecule has 24 heavy (non-hydrogen) atoms. The summed E-state index contributed by atoms with van der Waals surface area (Å²) in [5.74, 6) is 0.307. The van der Waals surface area contributed by atoms with Crippen molar-refractivity contribution in [2.24, 2.45) is 0 Å². The first-order chi connectivity index (χ1) is 11.2. The van der Waals surface area contributed by atoms with Gasteiger partial charge in [-0.15, -0.1) is 0 Å². The van der Waals surface area contributed by atoms with E-state index in [1.165, 1.54) is 5.57 Å². The second-order valence-corrected chi connectivity index (χ2v) is 7.47. The molecule has 2 rings (SSSR count). The number of rotatable bonds is 2. The van der Waals surface area contributed by atoms with E-state index in [0.717, 1.165) is 23.1 Å². The molecule has 0 N–H and O–H groups in total. The fourth-order valence-electron chi connectivity index (χ4n) is 2.77. The lowest BCUT2D eigenvalue weighted by Crippen LogP contribution is -2.39. The number of amides is 1. The average molecular weight is 326 g/mol. The minimum Gasteiger partial charge on any atom is -0.444 e. The standard InChI is InChI=1S/C20H26N2O2/c1-14(2)18-12-16(6-7-17(18)13-21)15-8-10-22(11-9-15)19(23)24-20(3,4)5/h6-8,12,14H,9-11H2,1-5H3. The first-order valence-electron chi connectivity index (χ1n) is 8.42. The van der Waals surface area contributed by atoms with E-state index in [0.29, 0.717) is 19.0 Å². The van der Waals surface area contributed by atoms with Crippen molar-refractivity contribution >= 4 is 11.7 Å². The Bertz CT molecular complexity index is 691.